The van der Waals surface area contributed by atoms with Crippen molar-refractivity contribution >= 4 is 16.8 Å². The zero-order chi connectivity index (χ0) is 19.0. The molecule has 4 aromatic rings. The van der Waals surface area contributed by atoms with Gasteiger partial charge in [0.05, 0.1) is 0 Å². The van der Waals surface area contributed by atoms with Crippen molar-refractivity contribution in [2.24, 2.45) is 0 Å². The van der Waals surface area contributed by atoms with E-state index in [9.17, 15) is 0 Å². The summed E-state index contributed by atoms with van der Waals surface area (Å²) in [7, 11) is 0. The van der Waals surface area contributed by atoms with Gasteiger partial charge < -0.3 is 0 Å². The predicted octanol–water partition coefficient (Wildman–Crippen LogP) is 6.56. The average Bonchev–Trinajstić information content (AvgIpc) is 2.75. The summed E-state index contributed by atoms with van der Waals surface area (Å²) in [5.74, 6) is 0. The Balaban J connectivity index is 1.48. The Morgan fingerprint density at radius 1 is 0.571 bits per heavy atom. The SMILES string of the molecule is C(=C\c1ccc2ccccc2c1)/CN(Cc1ccccc1)Cc1ccccc1. The minimum atomic E-state index is 0.913. The third-order valence-electron chi connectivity index (χ3n) is 4.95. The standard InChI is InChI=1S/C27H25N/c1-3-10-24(11-4-1)21-28(22-25-12-5-2-6-13-25)19-9-14-23-17-18-26-15-7-8-16-27(26)20-23/h1-18,20H,19,21-22H2/b14-9+. The molecule has 0 amide bonds. The highest BCUT2D eigenvalue weighted by Gasteiger charge is 2.05. The number of nitrogens with zero attached hydrogens (tertiary/aromatic N) is 1. The van der Waals surface area contributed by atoms with Gasteiger partial charge in [0, 0.05) is 19.6 Å². The first-order valence-corrected chi connectivity index (χ1v) is 9.82. The van der Waals surface area contributed by atoms with Crippen molar-refractivity contribution in [1.82, 2.24) is 4.90 Å². The monoisotopic (exact) mass is 363 g/mol. The van der Waals surface area contributed by atoms with Gasteiger partial charge in [-0.25, -0.2) is 0 Å². The lowest BCUT2D eigenvalue weighted by Crippen LogP contribution is -2.22. The van der Waals surface area contributed by atoms with E-state index in [0.29, 0.717) is 0 Å². The van der Waals surface area contributed by atoms with E-state index in [4.69, 9.17) is 0 Å². The van der Waals surface area contributed by atoms with Crippen LogP contribution in [0.4, 0.5) is 0 Å². The first kappa shape index (κ1) is 18.2. The highest BCUT2D eigenvalue weighted by molar-refractivity contribution is 5.84. The van der Waals surface area contributed by atoms with E-state index < -0.39 is 0 Å². The number of hydrogen-bond acceptors (Lipinski definition) is 1. The first-order valence-electron chi connectivity index (χ1n) is 9.82. The molecule has 0 N–H and O–H groups in total. The minimum absolute atomic E-state index is 0.913. The maximum atomic E-state index is 2.47. The van der Waals surface area contributed by atoms with E-state index in [1.807, 2.05) is 0 Å². The second kappa shape index (κ2) is 9.16. The predicted molar refractivity (Wildman–Crippen MR) is 120 cm³/mol. The zero-order valence-corrected chi connectivity index (χ0v) is 16.0. The van der Waals surface area contributed by atoms with Crippen molar-refractivity contribution in [2.45, 2.75) is 13.1 Å². The first-order chi connectivity index (χ1) is 13.9. The van der Waals surface area contributed by atoms with Gasteiger partial charge in [-0.1, -0.05) is 109 Å². The van der Waals surface area contributed by atoms with Crippen molar-refractivity contribution in [3.8, 4) is 0 Å². The Morgan fingerprint density at radius 2 is 1.14 bits per heavy atom. The van der Waals surface area contributed by atoms with Gasteiger partial charge in [0.25, 0.3) is 0 Å². The van der Waals surface area contributed by atoms with Gasteiger partial charge in [0.2, 0.25) is 0 Å². The molecule has 0 aliphatic heterocycles. The molecular weight excluding hydrogens is 338 g/mol. The Morgan fingerprint density at radius 3 is 1.79 bits per heavy atom. The Bertz CT molecular complexity index is 994. The lowest BCUT2D eigenvalue weighted by atomic mass is 10.1. The van der Waals surface area contributed by atoms with Gasteiger partial charge in [0.1, 0.15) is 0 Å². The van der Waals surface area contributed by atoms with Crippen LogP contribution in [0.1, 0.15) is 16.7 Å². The molecule has 0 aromatic heterocycles. The fourth-order valence-electron chi connectivity index (χ4n) is 3.52. The Kier molecular flexibility index (Phi) is 5.96. The number of fused-ring (bicyclic) bond motifs is 1. The van der Waals surface area contributed by atoms with E-state index in [1.165, 1.54) is 27.5 Å². The summed E-state index contributed by atoms with van der Waals surface area (Å²) in [4.78, 5) is 2.47. The van der Waals surface area contributed by atoms with E-state index in [-0.39, 0.29) is 0 Å². The lowest BCUT2D eigenvalue weighted by Gasteiger charge is -2.21. The second-order valence-corrected chi connectivity index (χ2v) is 7.15. The molecule has 0 radical (unpaired) electrons. The van der Waals surface area contributed by atoms with Crippen molar-refractivity contribution in [2.75, 3.05) is 6.54 Å². The zero-order valence-electron chi connectivity index (χ0n) is 16.0. The van der Waals surface area contributed by atoms with Gasteiger partial charge in [-0.15, -0.1) is 0 Å². The van der Waals surface area contributed by atoms with Gasteiger partial charge in [0.15, 0.2) is 0 Å². The third kappa shape index (κ3) is 4.97. The van der Waals surface area contributed by atoms with Crippen molar-refractivity contribution in [1.29, 1.82) is 0 Å². The van der Waals surface area contributed by atoms with Crippen LogP contribution in [-0.4, -0.2) is 11.4 Å². The summed E-state index contributed by atoms with van der Waals surface area (Å²) >= 11 is 0. The smallest absolute Gasteiger partial charge is 0.0240 e. The molecule has 0 unspecified atom stereocenters. The molecule has 0 saturated carbocycles. The van der Waals surface area contributed by atoms with E-state index >= 15 is 0 Å². The Labute approximate surface area is 167 Å². The molecule has 1 nitrogen and oxygen atoms in total. The van der Waals surface area contributed by atoms with Gasteiger partial charge in [-0.2, -0.15) is 0 Å². The highest BCUT2D eigenvalue weighted by atomic mass is 15.1. The highest BCUT2D eigenvalue weighted by Crippen LogP contribution is 2.17. The molecule has 0 bridgehead atoms. The summed E-state index contributed by atoms with van der Waals surface area (Å²) in [6.45, 7) is 2.80. The second-order valence-electron chi connectivity index (χ2n) is 7.15. The number of rotatable bonds is 7. The average molecular weight is 364 g/mol. The number of benzene rings is 4. The van der Waals surface area contributed by atoms with Crippen LogP contribution in [0.3, 0.4) is 0 Å². The summed E-state index contributed by atoms with van der Waals surface area (Å²) in [6, 6.07) is 36.5. The Hall–Kier alpha value is -3.16. The molecule has 1 heteroatoms. The summed E-state index contributed by atoms with van der Waals surface area (Å²) < 4.78 is 0. The maximum absolute atomic E-state index is 2.47. The van der Waals surface area contributed by atoms with Crippen LogP contribution in [0.15, 0.2) is 109 Å². The molecule has 0 fully saturated rings. The van der Waals surface area contributed by atoms with Crippen LogP contribution < -0.4 is 0 Å². The fraction of sp³-hybridized carbons (Fsp3) is 0.111. The van der Waals surface area contributed by atoms with Crippen molar-refractivity contribution in [3.63, 3.8) is 0 Å². The third-order valence-corrected chi connectivity index (χ3v) is 4.95. The molecule has 0 atom stereocenters. The normalized spacial score (nSPS) is 11.5. The fourth-order valence-corrected chi connectivity index (χ4v) is 3.52. The molecule has 4 rings (SSSR count). The summed E-state index contributed by atoms with van der Waals surface area (Å²) in [5, 5.41) is 2.57. The van der Waals surface area contributed by atoms with E-state index in [0.717, 1.165) is 19.6 Å². The quantitative estimate of drug-likeness (QED) is 0.359. The molecule has 0 aliphatic rings. The summed E-state index contributed by atoms with van der Waals surface area (Å²) in [5.41, 5.74) is 3.94. The van der Waals surface area contributed by atoms with Crippen LogP contribution >= 0.6 is 0 Å². The lowest BCUT2D eigenvalue weighted by molar-refractivity contribution is 0.286. The van der Waals surface area contributed by atoms with Crippen LogP contribution in [-0.2, 0) is 13.1 Å². The maximum Gasteiger partial charge on any atom is 0.0240 e. The minimum Gasteiger partial charge on any atom is -0.291 e. The van der Waals surface area contributed by atoms with Gasteiger partial charge in [-0.3, -0.25) is 4.90 Å². The molecule has 0 aliphatic carbocycles. The molecule has 4 aromatic carbocycles. The topological polar surface area (TPSA) is 3.24 Å². The van der Waals surface area contributed by atoms with Gasteiger partial charge in [-0.05, 0) is 33.5 Å². The molecule has 0 spiro atoms. The summed E-state index contributed by atoms with van der Waals surface area (Å²) in [6.07, 6.45) is 4.51. The molecular formula is C27H25N. The van der Waals surface area contributed by atoms with Crippen LogP contribution in [0.5, 0.6) is 0 Å². The van der Waals surface area contributed by atoms with Crippen LogP contribution in [0.25, 0.3) is 16.8 Å². The van der Waals surface area contributed by atoms with E-state index in [1.54, 1.807) is 0 Å². The van der Waals surface area contributed by atoms with Crippen LogP contribution in [0, 0.1) is 0 Å². The largest absolute Gasteiger partial charge is 0.291 e. The molecule has 0 saturated heterocycles. The van der Waals surface area contributed by atoms with Crippen LogP contribution in [0.2, 0.25) is 0 Å². The van der Waals surface area contributed by atoms with Gasteiger partial charge >= 0.3 is 0 Å². The van der Waals surface area contributed by atoms with Crippen molar-refractivity contribution < 1.29 is 0 Å². The van der Waals surface area contributed by atoms with Crippen molar-refractivity contribution in [3.05, 3.63) is 126 Å². The molecule has 28 heavy (non-hydrogen) atoms. The number of hydrogen-bond donors (Lipinski definition) is 0. The molecule has 0 heterocycles. The van der Waals surface area contributed by atoms with E-state index in [2.05, 4.69) is 120 Å². The molecule has 138 valence electrons.